The van der Waals surface area contributed by atoms with Gasteiger partial charge >= 0.3 is 53.4 Å². The third kappa shape index (κ3) is 3.24. The Labute approximate surface area is 151 Å². The number of aliphatic hydroxyl groups is 2. The number of hydrogen-bond acceptors (Lipinski definition) is 2. The maximum atomic E-state index is 13.2. The van der Waals surface area contributed by atoms with Gasteiger partial charge in [-0.3, -0.25) is 0 Å². The first-order valence-electron chi connectivity index (χ1n) is 6.28. The van der Waals surface area contributed by atoms with Crippen molar-refractivity contribution in [1.82, 2.24) is 0 Å². The molecule has 0 amide bonds. The fourth-order valence-electron chi connectivity index (χ4n) is 1.50. The van der Waals surface area contributed by atoms with Gasteiger partial charge in [0.05, 0.1) is 0 Å². The highest BCUT2D eigenvalue weighted by molar-refractivity contribution is 5.16. The van der Waals surface area contributed by atoms with Crippen molar-refractivity contribution < 1.29 is 89.2 Å². The van der Waals surface area contributed by atoms with E-state index < -0.39 is 60.1 Å². The summed E-state index contributed by atoms with van der Waals surface area (Å²) in [5.74, 6) is -66.4. The van der Waals surface area contributed by atoms with Crippen molar-refractivity contribution in [2.45, 2.75) is 53.4 Å². The molecule has 30 heavy (non-hydrogen) atoms. The van der Waals surface area contributed by atoms with Gasteiger partial charge in [0.15, 0.2) is 6.67 Å². The quantitative estimate of drug-likeness (QED) is 0.359. The molecule has 182 valence electrons. The van der Waals surface area contributed by atoms with Gasteiger partial charge in [-0.2, -0.15) is 74.6 Å². The molecule has 2 N–H and O–H groups in total. The Kier molecular flexibility index (Phi) is 6.52. The van der Waals surface area contributed by atoms with Gasteiger partial charge in [-0.25, -0.2) is 4.39 Å². The van der Waals surface area contributed by atoms with Crippen LogP contribution < -0.4 is 0 Å². The van der Waals surface area contributed by atoms with Crippen LogP contribution in [0.4, 0.5) is 79.0 Å². The van der Waals surface area contributed by atoms with Crippen LogP contribution in [0.15, 0.2) is 0 Å². The highest BCUT2D eigenvalue weighted by Gasteiger charge is 2.96. The monoisotopic (exact) mass is 498 g/mol. The molecular weight excluding hydrogens is 494 g/mol. The van der Waals surface area contributed by atoms with E-state index in [2.05, 4.69) is 0 Å². The van der Waals surface area contributed by atoms with Gasteiger partial charge < -0.3 is 10.2 Å². The first kappa shape index (κ1) is 28.7. The molecule has 0 atom stereocenters. The smallest absolute Gasteiger partial charge is 0.335 e. The van der Waals surface area contributed by atoms with Crippen molar-refractivity contribution in [3.05, 3.63) is 0 Å². The highest BCUT2D eigenvalue weighted by Crippen LogP contribution is 2.64. The number of hydrogen-bond donors (Lipinski definition) is 2. The molecule has 0 saturated heterocycles. The maximum absolute atomic E-state index is 13.2. The molecule has 0 spiro atoms. The SMILES string of the molecule is OC(O)(F)C(F)(F)C(F)(F)C(F)(F)C(F)(F)C(F)(F)C(F)(F)C(F)(F)C(F)(F)CF. The van der Waals surface area contributed by atoms with Gasteiger partial charge in [-0.05, 0) is 0 Å². The second kappa shape index (κ2) is 6.83. The largest absolute Gasteiger partial charge is 0.400 e. The minimum absolute atomic E-state index is 4.01. The van der Waals surface area contributed by atoms with Crippen molar-refractivity contribution in [3.8, 4) is 0 Å². The molecule has 0 aliphatic rings. The molecule has 0 heterocycles. The molecule has 0 saturated carbocycles. The van der Waals surface area contributed by atoms with Gasteiger partial charge in [0.1, 0.15) is 0 Å². The molecule has 0 aromatic rings. The first-order valence-corrected chi connectivity index (χ1v) is 6.28. The molecular formula is C10H4F18O2. The van der Waals surface area contributed by atoms with E-state index in [0.29, 0.717) is 0 Å². The predicted molar refractivity (Wildman–Crippen MR) is 53.8 cm³/mol. The van der Waals surface area contributed by atoms with Gasteiger partial charge in [0.25, 0.3) is 0 Å². The zero-order valence-corrected chi connectivity index (χ0v) is 12.9. The van der Waals surface area contributed by atoms with Crippen LogP contribution in [-0.4, -0.2) is 70.3 Å². The summed E-state index contributed by atoms with van der Waals surface area (Å²) >= 11 is 0. The van der Waals surface area contributed by atoms with E-state index >= 15 is 0 Å². The Balaban J connectivity index is 6.85. The lowest BCUT2D eigenvalue weighted by Crippen LogP contribution is -2.76. The molecule has 20 heteroatoms. The van der Waals surface area contributed by atoms with Crippen LogP contribution >= 0.6 is 0 Å². The van der Waals surface area contributed by atoms with Gasteiger partial charge in [-0.1, -0.05) is 0 Å². The summed E-state index contributed by atoms with van der Waals surface area (Å²) in [5.41, 5.74) is 0. The third-order valence-electron chi connectivity index (χ3n) is 3.39. The zero-order chi connectivity index (χ0) is 25.2. The molecule has 0 aliphatic carbocycles. The predicted octanol–water partition coefficient (Wildman–Crippen LogP) is 4.65. The average Bonchev–Trinajstić information content (AvgIpc) is 2.52. The lowest BCUT2D eigenvalue weighted by atomic mass is 9.87. The topological polar surface area (TPSA) is 40.5 Å². The summed E-state index contributed by atoms with van der Waals surface area (Å²) < 4.78 is 231. The summed E-state index contributed by atoms with van der Waals surface area (Å²) in [4.78, 5) is 0. The second-order valence-corrected chi connectivity index (χ2v) is 5.45. The number of halogens is 18. The Bertz CT molecular complexity index is 631. The van der Waals surface area contributed by atoms with E-state index in [4.69, 9.17) is 10.2 Å². The van der Waals surface area contributed by atoms with E-state index in [9.17, 15) is 79.0 Å². The Morgan fingerprint density at radius 1 is 0.367 bits per heavy atom. The molecule has 0 rings (SSSR count). The van der Waals surface area contributed by atoms with Crippen LogP contribution in [-0.2, 0) is 0 Å². The normalized spacial score (nSPS) is 16.8. The fraction of sp³-hybridized carbons (Fsp3) is 1.00. The molecule has 0 fully saturated rings. The van der Waals surface area contributed by atoms with Gasteiger partial charge in [-0.15, -0.1) is 0 Å². The summed E-state index contributed by atoms with van der Waals surface area (Å²) in [7, 11) is 0. The van der Waals surface area contributed by atoms with Crippen molar-refractivity contribution in [3.63, 3.8) is 0 Å². The van der Waals surface area contributed by atoms with Gasteiger partial charge in [0.2, 0.25) is 0 Å². The van der Waals surface area contributed by atoms with Crippen LogP contribution in [0.1, 0.15) is 0 Å². The van der Waals surface area contributed by atoms with Crippen molar-refractivity contribution in [2.75, 3.05) is 6.67 Å². The summed E-state index contributed by atoms with van der Waals surface area (Å²) in [5, 5.41) is 15.2. The van der Waals surface area contributed by atoms with E-state index in [1.54, 1.807) is 0 Å². The van der Waals surface area contributed by atoms with E-state index in [1.165, 1.54) is 0 Å². The second-order valence-electron chi connectivity index (χ2n) is 5.45. The van der Waals surface area contributed by atoms with Crippen molar-refractivity contribution in [2.24, 2.45) is 0 Å². The minimum atomic E-state index is -8.86. The van der Waals surface area contributed by atoms with Crippen LogP contribution in [0.5, 0.6) is 0 Å². The van der Waals surface area contributed by atoms with Crippen molar-refractivity contribution >= 4 is 0 Å². The summed E-state index contributed by atoms with van der Waals surface area (Å²) in [6, 6.07) is -6.92. The van der Waals surface area contributed by atoms with E-state index in [0.717, 1.165) is 0 Å². The average molecular weight is 498 g/mol. The highest BCUT2D eigenvalue weighted by atomic mass is 19.4. The Morgan fingerprint density at radius 3 is 0.767 bits per heavy atom. The zero-order valence-electron chi connectivity index (χ0n) is 12.9. The van der Waals surface area contributed by atoms with Crippen LogP contribution in [0, 0.1) is 0 Å². The van der Waals surface area contributed by atoms with Gasteiger partial charge in [0, 0.05) is 0 Å². The number of rotatable bonds is 9. The Hall–Kier alpha value is -1.34. The molecule has 2 nitrogen and oxygen atoms in total. The molecule has 0 bridgehead atoms. The van der Waals surface area contributed by atoms with E-state index in [1.807, 2.05) is 0 Å². The Morgan fingerprint density at radius 2 is 0.567 bits per heavy atom. The first-order chi connectivity index (χ1) is 12.6. The number of alkyl halides is 18. The van der Waals surface area contributed by atoms with E-state index in [-0.39, 0.29) is 0 Å². The molecule has 0 radical (unpaired) electrons. The summed E-state index contributed by atoms with van der Waals surface area (Å²) in [6.07, 6.45) is 0. The van der Waals surface area contributed by atoms with Crippen LogP contribution in [0.25, 0.3) is 0 Å². The molecule has 0 unspecified atom stereocenters. The summed E-state index contributed by atoms with van der Waals surface area (Å²) in [6.45, 7) is -4.01. The molecule has 0 aliphatic heterocycles. The van der Waals surface area contributed by atoms with Crippen molar-refractivity contribution in [1.29, 1.82) is 0 Å². The standard InChI is InChI=1S/C10H4F18O2/c11-1-2(12,13)3(14,15)4(16,17)5(18,19)6(20,21)7(22,23)8(24,25)9(26,27)10(28,29)30/h29-30H,1H2. The third-order valence-corrected chi connectivity index (χ3v) is 3.39. The maximum Gasteiger partial charge on any atom is 0.400 e. The molecule has 0 aromatic heterocycles. The van der Waals surface area contributed by atoms with Crippen LogP contribution in [0.2, 0.25) is 0 Å². The van der Waals surface area contributed by atoms with Crippen LogP contribution in [0.3, 0.4) is 0 Å². The lowest BCUT2D eigenvalue weighted by molar-refractivity contribution is -0.483. The lowest BCUT2D eigenvalue weighted by Gasteiger charge is -2.43. The fourth-order valence-corrected chi connectivity index (χ4v) is 1.50. The minimum Gasteiger partial charge on any atom is -0.335 e. The molecule has 0 aromatic carbocycles.